The zero-order chi connectivity index (χ0) is 16.4. The fraction of sp³-hybridized carbons (Fsp3) is 0.688. The molecule has 1 fully saturated rings. The number of sulfone groups is 1. The standard InChI is InChI=1S/C16H26N2O2S2/c1-16(2,3)22(19,20)15-9-8-13(11-17-15)18-10-6-5-7-14(12-18)21-4/h8-9,11,14H,5-7,10,12H2,1-4H3/t14-/m0/s1. The maximum Gasteiger partial charge on any atom is 0.200 e. The first-order valence-corrected chi connectivity index (χ1v) is 10.5. The highest BCUT2D eigenvalue weighted by Crippen LogP contribution is 2.27. The first-order chi connectivity index (χ1) is 10.3. The number of pyridine rings is 1. The quantitative estimate of drug-likeness (QED) is 0.843. The van der Waals surface area contributed by atoms with E-state index in [-0.39, 0.29) is 5.03 Å². The maximum atomic E-state index is 12.4. The van der Waals surface area contributed by atoms with Gasteiger partial charge in [-0.25, -0.2) is 13.4 Å². The van der Waals surface area contributed by atoms with E-state index >= 15 is 0 Å². The molecule has 0 amide bonds. The summed E-state index contributed by atoms with van der Waals surface area (Å²) in [6.07, 6.45) is 7.55. The summed E-state index contributed by atoms with van der Waals surface area (Å²) < 4.78 is 24.0. The molecule has 0 bridgehead atoms. The second kappa shape index (κ2) is 6.79. The molecule has 0 N–H and O–H groups in total. The predicted octanol–water partition coefficient (Wildman–Crippen LogP) is 3.38. The summed E-state index contributed by atoms with van der Waals surface area (Å²) in [5, 5.41) is 0.806. The first kappa shape index (κ1) is 17.6. The van der Waals surface area contributed by atoms with E-state index in [0.717, 1.165) is 18.8 Å². The van der Waals surface area contributed by atoms with Crippen molar-refractivity contribution in [3.63, 3.8) is 0 Å². The monoisotopic (exact) mass is 342 g/mol. The molecule has 22 heavy (non-hydrogen) atoms. The van der Waals surface area contributed by atoms with Crippen molar-refractivity contribution in [3.05, 3.63) is 18.3 Å². The van der Waals surface area contributed by atoms with Crippen LogP contribution in [-0.2, 0) is 9.84 Å². The third-order valence-corrected chi connectivity index (χ3v) is 7.58. The molecule has 1 aromatic rings. The van der Waals surface area contributed by atoms with E-state index in [9.17, 15) is 8.42 Å². The topological polar surface area (TPSA) is 50.3 Å². The van der Waals surface area contributed by atoms with Crippen LogP contribution in [0.15, 0.2) is 23.4 Å². The van der Waals surface area contributed by atoms with Crippen molar-refractivity contribution in [3.8, 4) is 0 Å². The molecule has 0 unspecified atom stereocenters. The van der Waals surface area contributed by atoms with Gasteiger partial charge in [0.1, 0.15) is 0 Å². The molecule has 2 heterocycles. The maximum absolute atomic E-state index is 12.4. The van der Waals surface area contributed by atoms with Gasteiger partial charge in [0.2, 0.25) is 0 Å². The predicted molar refractivity (Wildman–Crippen MR) is 94.5 cm³/mol. The minimum absolute atomic E-state index is 0.167. The lowest BCUT2D eigenvalue weighted by Crippen LogP contribution is -2.30. The SMILES string of the molecule is CS[C@H]1CCCCN(c2ccc(S(=O)(=O)C(C)(C)C)nc2)C1. The van der Waals surface area contributed by atoms with Gasteiger partial charge in [-0.05, 0) is 52.0 Å². The third-order valence-electron chi connectivity index (χ3n) is 4.13. The van der Waals surface area contributed by atoms with Crippen molar-refractivity contribution in [1.29, 1.82) is 0 Å². The second-order valence-electron chi connectivity index (χ2n) is 6.77. The van der Waals surface area contributed by atoms with E-state index in [1.807, 2.05) is 17.8 Å². The molecule has 1 aromatic heterocycles. The average Bonchev–Trinajstić information content (AvgIpc) is 2.71. The molecule has 1 aliphatic rings. The molecule has 0 spiro atoms. The Bertz CT molecular complexity index is 592. The Balaban J connectivity index is 2.22. The van der Waals surface area contributed by atoms with E-state index in [4.69, 9.17) is 0 Å². The highest BCUT2D eigenvalue weighted by molar-refractivity contribution is 7.99. The molecule has 0 saturated carbocycles. The fourth-order valence-electron chi connectivity index (χ4n) is 2.56. The molecule has 1 atom stereocenters. The Kier molecular flexibility index (Phi) is 5.43. The number of aromatic nitrogens is 1. The number of nitrogens with zero attached hydrogens (tertiary/aromatic N) is 2. The first-order valence-electron chi connectivity index (χ1n) is 7.74. The van der Waals surface area contributed by atoms with Crippen LogP contribution in [0.5, 0.6) is 0 Å². The van der Waals surface area contributed by atoms with Crippen LogP contribution in [0.3, 0.4) is 0 Å². The van der Waals surface area contributed by atoms with Crippen molar-refractivity contribution in [2.75, 3.05) is 24.2 Å². The van der Waals surface area contributed by atoms with Crippen LogP contribution in [0.4, 0.5) is 5.69 Å². The number of rotatable bonds is 3. The zero-order valence-corrected chi connectivity index (χ0v) is 15.5. The molecular weight excluding hydrogens is 316 g/mol. The summed E-state index contributed by atoms with van der Waals surface area (Å²) in [6, 6.07) is 3.54. The van der Waals surface area contributed by atoms with Gasteiger partial charge in [0.15, 0.2) is 14.9 Å². The van der Waals surface area contributed by atoms with Crippen LogP contribution in [-0.4, -0.2) is 42.7 Å². The average molecular weight is 343 g/mol. The molecule has 4 nitrogen and oxygen atoms in total. The number of hydrogen-bond donors (Lipinski definition) is 0. The Labute approximate surface area is 138 Å². The molecule has 2 rings (SSSR count). The van der Waals surface area contributed by atoms with Gasteiger partial charge in [-0.3, -0.25) is 0 Å². The summed E-state index contributed by atoms with van der Waals surface area (Å²) >= 11 is 1.91. The minimum Gasteiger partial charge on any atom is -0.369 e. The van der Waals surface area contributed by atoms with Crippen molar-refractivity contribution in [1.82, 2.24) is 4.98 Å². The summed E-state index contributed by atoms with van der Waals surface area (Å²) in [4.78, 5) is 6.57. The van der Waals surface area contributed by atoms with Gasteiger partial charge in [0.25, 0.3) is 0 Å². The zero-order valence-electron chi connectivity index (χ0n) is 13.9. The van der Waals surface area contributed by atoms with Crippen molar-refractivity contribution < 1.29 is 8.42 Å². The van der Waals surface area contributed by atoms with Crippen molar-refractivity contribution in [2.45, 2.75) is 55.1 Å². The van der Waals surface area contributed by atoms with E-state index in [2.05, 4.69) is 16.1 Å². The highest BCUT2D eigenvalue weighted by atomic mass is 32.2. The van der Waals surface area contributed by atoms with E-state index < -0.39 is 14.6 Å². The molecule has 0 aromatic carbocycles. The molecule has 0 aliphatic carbocycles. The second-order valence-corrected chi connectivity index (χ2v) is 10.6. The molecule has 124 valence electrons. The van der Waals surface area contributed by atoms with Crippen LogP contribution in [0.2, 0.25) is 0 Å². The molecule has 1 aliphatic heterocycles. The van der Waals surface area contributed by atoms with Gasteiger partial charge in [0, 0.05) is 18.3 Å². The van der Waals surface area contributed by atoms with Gasteiger partial charge in [0.05, 0.1) is 16.6 Å². The molecule has 0 radical (unpaired) electrons. The van der Waals surface area contributed by atoms with Crippen LogP contribution < -0.4 is 4.90 Å². The van der Waals surface area contributed by atoms with Crippen LogP contribution in [0, 0.1) is 0 Å². The number of thioether (sulfide) groups is 1. The van der Waals surface area contributed by atoms with Crippen LogP contribution >= 0.6 is 11.8 Å². The minimum atomic E-state index is -3.38. The molecule has 6 heteroatoms. The lowest BCUT2D eigenvalue weighted by Gasteiger charge is -2.26. The van der Waals surface area contributed by atoms with E-state index in [1.165, 1.54) is 19.3 Å². The smallest absolute Gasteiger partial charge is 0.200 e. The Morgan fingerprint density at radius 2 is 2.00 bits per heavy atom. The van der Waals surface area contributed by atoms with Gasteiger partial charge in [-0.1, -0.05) is 6.42 Å². The van der Waals surface area contributed by atoms with Crippen molar-refractivity contribution in [2.24, 2.45) is 0 Å². The van der Waals surface area contributed by atoms with Crippen LogP contribution in [0.25, 0.3) is 0 Å². The Morgan fingerprint density at radius 3 is 2.55 bits per heavy atom. The Hall–Kier alpha value is -0.750. The van der Waals surface area contributed by atoms with Gasteiger partial charge >= 0.3 is 0 Å². The lowest BCUT2D eigenvalue weighted by molar-refractivity contribution is 0.556. The van der Waals surface area contributed by atoms with Gasteiger partial charge in [-0.15, -0.1) is 0 Å². The van der Waals surface area contributed by atoms with Gasteiger partial charge in [-0.2, -0.15) is 11.8 Å². The van der Waals surface area contributed by atoms with Gasteiger partial charge < -0.3 is 4.90 Å². The van der Waals surface area contributed by atoms with Crippen LogP contribution in [0.1, 0.15) is 40.0 Å². The van der Waals surface area contributed by atoms with E-state index in [0.29, 0.717) is 5.25 Å². The Morgan fingerprint density at radius 1 is 1.27 bits per heavy atom. The summed E-state index contributed by atoms with van der Waals surface area (Å²) in [5.74, 6) is 0. The summed E-state index contributed by atoms with van der Waals surface area (Å²) in [6.45, 7) is 7.14. The lowest BCUT2D eigenvalue weighted by atomic mass is 10.2. The fourth-order valence-corrected chi connectivity index (χ4v) is 4.36. The highest BCUT2D eigenvalue weighted by Gasteiger charge is 2.32. The largest absolute Gasteiger partial charge is 0.369 e. The third kappa shape index (κ3) is 3.77. The normalized spacial score (nSPS) is 20.7. The summed E-state index contributed by atoms with van der Waals surface area (Å²) in [5.41, 5.74) is 1.02. The van der Waals surface area contributed by atoms with E-state index in [1.54, 1.807) is 33.0 Å². The summed E-state index contributed by atoms with van der Waals surface area (Å²) in [7, 11) is -3.38. The number of hydrogen-bond acceptors (Lipinski definition) is 5. The molecular formula is C16H26N2O2S2. The van der Waals surface area contributed by atoms with Crippen molar-refractivity contribution >= 4 is 27.3 Å². The molecule has 1 saturated heterocycles. The number of anilines is 1.